The number of halogens is 2. The van der Waals surface area contributed by atoms with Gasteiger partial charge in [0.15, 0.2) is 11.4 Å². The Kier molecular flexibility index (Phi) is 7.80. The van der Waals surface area contributed by atoms with Gasteiger partial charge in [-0.2, -0.15) is 15.3 Å². The highest BCUT2D eigenvalue weighted by molar-refractivity contribution is 6.39. The Morgan fingerprint density at radius 2 is 1.32 bits per heavy atom. The van der Waals surface area contributed by atoms with E-state index in [4.69, 9.17) is 23.2 Å². The Balaban J connectivity index is 1.43. The van der Waals surface area contributed by atoms with Gasteiger partial charge in [-0.15, -0.1) is 25.2 Å². The van der Waals surface area contributed by atoms with E-state index in [9.17, 15) is 9.81 Å². The van der Waals surface area contributed by atoms with Crippen molar-refractivity contribution in [3.63, 3.8) is 0 Å². The van der Waals surface area contributed by atoms with Crippen LogP contribution < -0.4 is 0 Å². The van der Waals surface area contributed by atoms with Gasteiger partial charge in [0.05, 0.1) is 38.5 Å². The summed E-state index contributed by atoms with van der Waals surface area (Å²) >= 11 is 12.9. The molecule has 0 radical (unpaired) electrons. The van der Waals surface area contributed by atoms with Crippen molar-refractivity contribution in [1.82, 2.24) is 19.6 Å². The van der Waals surface area contributed by atoms with Gasteiger partial charge in [0.1, 0.15) is 5.69 Å². The summed E-state index contributed by atoms with van der Waals surface area (Å²) in [4.78, 5) is 23.3. The number of rotatable bonds is 8. The third-order valence-electron chi connectivity index (χ3n) is 5.92. The van der Waals surface area contributed by atoms with Gasteiger partial charge in [-0.1, -0.05) is 53.6 Å². The largest absolute Gasteiger partial charge is 0.228 e. The first-order valence-electron chi connectivity index (χ1n) is 12.0. The molecule has 0 unspecified atom stereocenters. The molecule has 0 N–H and O–H groups in total. The van der Waals surface area contributed by atoms with Crippen LogP contribution in [0.5, 0.6) is 0 Å². The van der Waals surface area contributed by atoms with Crippen molar-refractivity contribution in [3.8, 4) is 5.69 Å². The molecule has 5 rings (SSSR count). The highest BCUT2D eigenvalue weighted by Gasteiger charge is 2.20. The zero-order valence-corrected chi connectivity index (χ0v) is 22.7. The topological polar surface area (TPSA) is 144 Å². The fourth-order valence-electron chi connectivity index (χ4n) is 4.01. The third-order valence-corrected chi connectivity index (χ3v) is 6.50. The van der Waals surface area contributed by atoms with Crippen LogP contribution in [0.15, 0.2) is 91.5 Å². The second kappa shape index (κ2) is 11.6. The first-order valence-corrected chi connectivity index (χ1v) is 12.8. The minimum Gasteiger partial charge on any atom is -0.210 e. The van der Waals surface area contributed by atoms with Gasteiger partial charge < -0.3 is 0 Å². The van der Waals surface area contributed by atoms with Crippen molar-refractivity contribution >= 4 is 63.3 Å². The second-order valence-electron chi connectivity index (χ2n) is 8.62. The van der Waals surface area contributed by atoms with Crippen LogP contribution in [-0.4, -0.2) is 19.6 Å². The van der Waals surface area contributed by atoms with Gasteiger partial charge in [-0.05, 0) is 67.4 Å². The van der Waals surface area contributed by atoms with Crippen LogP contribution in [0.25, 0.3) is 11.4 Å². The predicted octanol–water partition coefficient (Wildman–Crippen LogP) is 9.81. The maximum atomic E-state index is 11.6. The van der Waals surface area contributed by atoms with Crippen LogP contribution in [0.4, 0.5) is 34.4 Å². The SMILES string of the molecule is Cc1nn(C2=CCCC=C2)c(N=O)c1N=Nc1cc(Cl)c(N=Nc2c(C)nn(-c3ccccc3)c2N=O)c(Cl)c1. The van der Waals surface area contributed by atoms with E-state index in [1.165, 1.54) is 21.5 Å². The van der Waals surface area contributed by atoms with E-state index < -0.39 is 0 Å². The number of azo groups is 2. The third kappa shape index (κ3) is 5.26. The summed E-state index contributed by atoms with van der Waals surface area (Å²) in [6, 6.07) is 12.0. The van der Waals surface area contributed by atoms with Gasteiger partial charge in [0.25, 0.3) is 0 Å². The molecule has 1 aliphatic rings. The number of aryl methyl sites for hydroxylation is 2. The van der Waals surface area contributed by atoms with E-state index in [-0.39, 0.29) is 38.7 Å². The first kappa shape index (κ1) is 26.9. The number of allylic oxidation sites excluding steroid dienone is 4. The lowest BCUT2D eigenvalue weighted by Crippen LogP contribution is -1.98. The van der Waals surface area contributed by atoms with E-state index >= 15 is 0 Å². The zero-order valence-electron chi connectivity index (χ0n) is 21.2. The maximum Gasteiger partial charge on any atom is 0.228 e. The Bertz CT molecular complexity index is 1710. The van der Waals surface area contributed by atoms with Crippen LogP contribution in [-0.2, 0) is 0 Å². The Hall–Kier alpha value is -4.68. The smallest absolute Gasteiger partial charge is 0.210 e. The fourth-order valence-corrected chi connectivity index (χ4v) is 4.56. The van der Waals surface area contributed by atoms with E-state index in [0.29, 0.717) is 22.8 Å². The summed E-state index contributed by atoms with van der Waals surface area (Å²) in [5, 5.41) is 32.0. The summed E-state index contributed by atoms with van der Waals surface area (Å²) < 4.78 is 2.83. The molecule has 14 heteroatoms. The Labute approximate surface area is 237 Å². The standard InChI is InChI=1S/C26H20Cl2N10O2/c1-15-22(25(35-39)37(33-15)18-9-5-3-6-10-18)30-29-17-13-20(27)24(21(28)14-17)32-31-23-16(2)34-38(26(23)36-40)19-11-7-4-8-12-19/h4-5,7-14H,3,6H2,1-2H3. The highest BCUT2D eigenvalue weighted by Crippen LogP contribution is 2.41. The van der Waals surface area contributed by atoms with E-state index in [1.807, 2.05) is 36.4 Å². The van der Waals surface area contributed by atoms with Crippen molar-refractivity contribution in [2.45, 2.75) is 26.7 Å². The lowest BCUT2D eigenvalue weighted by atomic mass is 10.1. The van der Waals surface area contributed by atoms with E-state index in [1.54, 1.807) is 26.0 Å². The molecule has 0 atom stereocenters. The number of para-hydroxylation sites is 1. The van der Waals surface area contributed by atoms with Gasteiger partial charge in [0.2, 0.25) is 11.6 Å². The van der Waals surface area contributed by atoms with E-state index in [2.05, 4.69) is 41.0 Å². The second-order valence-corrected chi connectivity index (χ2v) is 9.44. The Morgan fingerprint density at radius 3 is 1.93 bits per heavy atom. The molecule has 4 aromatic rings. The molecule has 12 nitrogen and oxygen atoms in total. The monoisotopic (exact) mass is 574 g/mol. The van der Waals surface area contributed by atoms with Gasteiger partial charge >= 0.3 is 0 Å². The van der Waals surface area contributed by atoms with Crippen LogP contribution in [0, 0.1) is 23.7 Å². The quantitative estimate of drug-likeness (QED) is 0.152. The molecule has 0 saturated heterocycles. The van der Waals surface area contributed by atoms with Gasteiger partial charge in [-0.25, -0.2) is 9.36 Å². The highest BCUT2D eigenvalue weighted by atomic mass is 35.5. The fraction of sp³-hybridized carbons (Fsp3) is 0.154. The van der Waals surface area contributed by atoms with Crippen molar-refractivity contribution in [3.05, 3.63) is 91.9 Å². The van der Waals surface area contributed by atoms with Crippen molar-refractivity contribution in [2.24, 2.45) is 30.8 Å². The molecule has 0 amide bonds. The number of hydrogen-bond acceptors (Lipinski definition) is 10. The summed E-state index contributed by atoms with van der Waals surface area (Å²) in [7, 11) is 0. The maximum absolute atomic E-state index is 11.6. The zero-order chi connectivity index (χ0) is 28.2. The van der Waals surface area contributed by atoms with Crippen LogP contribution in [0.2, 0.25) is 10.0 Å². The molecule has 0 aliphatic heterocycles. The number of aromatic nitrogens is 4. The number of nitroso groups, excluding NO2 is 2. The van der Waals surface area contributed by atoms with Gasteiger partial charge in [0, 0.05) is 0 Å². The van der Waals surface area contributed by atoms with Crippen molar-refractivity contribution in [1.29, 1.82) is 0 Å². The molecule has 2 heterocycles. The molecule has 0 saturated carbocycles. The normalized spacial score (nSPS) is 13.3. The average Bonchev–Trinajstić information content (AvgIpc) is 3.47. The summed E-state index contributed by atoms with van der Waals surface area (Å²) in [6.07, 6.45) is 7.60. The van der Waals surface area contributed by atoms with Crippen molar-refractivity contribution < 1.29 is 0 Å². The molecule has 40 heavy (non-hydrogen) atoms. The molecule has 2 aromatic carbocycles. The van der Waals surface area contributed by atoms with Crippen LogP contribution >= 0.6 is 23.2 Å². The molecule has 0 bridgehead atoms. The first-order chi connectivity index (χ1) is 19.4. The molecular formula is C26H20Cl2N10O2. The molecule has 200 valence electrons. The average molecular weight is 575 g/mol. The molecule has 2 aromatic heterocycles. The molecule has 0 spiro atoms. The number of nitrogens with zero attached hydrogens (tertiary/aromatic N) is 10. The molecule has 1 aliphatic carbocycles. The predicted molar refractivity (Wildman–Crippen MR) is 154 cm³/mol. The lowest BCUT2D eigenvalue weighted by Gasteiger charge is -2.07. The van der Waals surface area contributed by atoms with Crippen LogP contribution in [0.1, 0.15) is 24.2 Å². The van der Waals surface area contributed by atoms with Gasteiger partial charge in [-0.3, -0.25) is 0 Å². The summed E-state index contributed by atoms with van der Waals surface area (Å²) in [5.74, 6) is 0.0211. The minimum atomic E-state index is -0.0138. The van der Waals surface area contributed by atoms with Crippen LogP contribution in [0.3, 0.4) is 0 Å². The molecular weight excluding hydrogens is 555 g/mol. The number of benzene rings is 2. The van der Waals surface area contributed by atoms with E-state index in [0.717, 1.165) is 18.5 Å². The number of hydrogen-bond donors (Lipinski definition) is 0. The summed E-state index contributed by atoms with van der Waals surface area (Å²) in [5.41, 5.74) is 3.17. The Morgan fingerprint density at radius 1 is 0.750 bits per heavy atom. The molecule has 0 fully saturated rings. The lowest BCUT2D eigenvalue weighted by molar-refractivity contribution is 0.862. The minimum absolute atomic E-state index is 0.0138. The summed E-state index contributed by atoms with van der Waals surface area (Å²) in [6.45, 7) is 3.39. The van der Waals surface area contributed by atoms with Crippen molar-refractivity contribution in [2.75, 3.05) is 0 Å².